The molecule has 1 aromatic heterocycles. The molecule has 0 spiro atoms. The molecule has 2 aromatic rings. The van der Waals surface area contributed by atoms with Crippen molar-refractivity contribution >= 4 is 23.3 Å². The Kier molecular flexibility index (Phi) is 6.68. The van der Waals surface area contributed by atoms with Gasteiger partial charge in [0, 0.05) is 25.4 Å². The van der Waals surface area contributed by atoms with Crippen molar-refractivity contribution in [1.29, 1.82) is 0 Å². The third-order valence-corrected chi connectivity index (χ3v) is 4.75. The van der Waals surface area contributed by atoms with Gasteiger partial charge in [-0.1, -0.05) is 17.7 Å². The average molecular weight is 430 g/mol. The number of urea groups is 1. The number of carbonyl (C=O) groups is 1. The monoisotopic (exact) mass is 429 g/mol. The molecule has 2 amide bonds. The summed E-state index contributed by atoms with van der Waals surface area (Å²) in [7, 11) is 0. The summed E-state index contributed by atoms with van der Waals surface area (Å²) in [5, 5.41) is 3.15. The first-order valence-corrected chi connectivity index (χ1v) is 9.32. The summed E-state index contributed by atoms with van der Waals surface area (Å²) >= 11 is 6.02. The Labute approximate surface area is 170 Å². The first kappa shape index (κ1) is 21.0. The lowest BCUT2D eigenvalue weighted by atomic mass is 10.1. The number of pyridine rings is 1. The van der Waals surface area contributed by atoms with Crippen LogP contribution in [-0.2, 0) is 0 Å². The Morgan fingerprint density at radius 1 is 1.31 bits per heavy atom. The van der Waals surface area contributed by atoms with Gasteiger partial charge in [0.25, 0.3) is 0 Å². The van der Waals surface area contributed by atoms with Crippen molar-refractivity contribution in [1.82, 2.24) is 9.88 Å². The highest BCUT2D eigenvalue weighted by molar-refractivity contribution is 6.33. The summed E-state index contributed by atoms with van der Waals surface area (Å²) in [6, 6.07) is 6.75. The molecule has 1 aliphatic heterocycles. The number of amides is 2. The molecule has 1 fully saturated rings. The summed E-state index contributed by atoms with van der Waals surface area (Å²) in [6.45, 7) is 1.48. The van der Waals surface area contributed by atoms with E-state index in [1.165, 1.54) is 30.6 Å². The third kappa shape index (κ3) is 6.42. The highest BCUT2D eigenvalue weighted by Crippen LogP contribution is 2.27. The van der Waals surface area contributed by atoms with E-state index >= 15 is 0 Å². The minimum Gasteiger partial charge on any atom is -0.493 e. The lowest BCUT2D eigenvalue weighted by Crippen LogP contribution is -2.33. The quantitative estimate of drug-likeness (QED) is 0.705. The van der Waals surface area contributed by atoms with Crippen LogP contribution in [0, 0.1) is 5.92 Å². The molecule has 0 bridgehead atoms. The molecule has 2 heterocycles. The van der Waals surface area contributed by atoms with Gasteiger partial charge >= 0.3 is 12.4 Å². The van der Waals surface area contributed by atoms with E-state index in [2.05, 4.69) is 15.0 Å². The zero-order valence-electron chi connectivity index (χ0n) is 15.3. The molecule has 1 atom stereocenters. The number of alkyl halides is 3. The zero-order valence-corrected chi connectivity index (χ0v) is 16.0. The number of anilines is 1. The van der Waals surface area contributed by atoms with Crippen LogP contribution in [0.15, 0.2) is 42.7 Å². The number of nitrogens with zero attached hydrogens (tertiary/aromatic N) is 2. The summed E-state index contributed by atoms with van der Waals surface area (Å²) in [5.41, 5.74) is 0.451. The van der Waals surface area contributed by atoms with Crippen molar-refractivity contribution in [2.75, 3.05) is 25.0 Å². The van der Waals surface area contributed by atoms with Gasteiger partial charge in [0.2, 0.25) is 0 Å². The van der Waals surface area contributed by atoms with Crippen molar-refractivity contribution in [3.05, 3.63) is 47.7 Å². The zero-order chi connectivity index (χ0) is 20.9. The predicted octanol–water partition coefficient (Wildman–Crippen LogP) is 4.96. The summed E-state index contributed by atoms with van der Waals surface area (Å²) in [4.78, 5) is 18.0. The van der Waals surface area contributed by atoms with Crippen LogP contribution in [0.1, 0.15) is 12.8 Å². The van der Waals surface area contributed by atoms with Gasteiger partial charge in [0.1, 0.15) is 11.5 Å². The molecule has 1 aliphatic rings. The highest BCUT2D eigenvalue weighted by atomic mass is 35.5. The van der Waals surface area contributed by atoms with E-state index in [4.69, 9.17) is 16.3 Å². The molecule has 1 N–H and O–H groups in total. The molecular formula is C19H19ClF3N3O3. The van der Waals surface area contributed by atoms with Gasteiger partial charge in [-0.3, -0.25) is 4.98 Å². The van der Waals surface area contributed by atoms with E-state index in [1.54, 1.807) is 17.0 Å². The summed E-state index contributed by atoms with van der Waals surface area (Å²) in [5.74, 6) is 0.207. The van der Waals surface area contributed by atoms with Crippen LogP contribution in [-0.4, -0.2) is 42.0 Å². The number of nitrogens with one attached hydrogen (secondary N) is 1. The molecule has 3 rings (SSSR count). The van der Waals surface area contributed by atoms with Gasteiger partial charge < -0.3 is 19.7 Å². The SMILES string of the molecule is O=C(Nc1cnccc1Cl)N1CCC(CCOc2cccc(OC(F)(F)F)c2)C1. The van der Waals surface area contributed by atoms with Crippen molar-refractivity contribution < 1.29 is 27.4 Å². The van der Waals surface area contributed by atoms with Gasteiger partial charge in [-0.15, -0.1) is 13.2 Å². The molecule has 1 saturated heterocycles. The van der Waals surface area contributed by atoms with E-state index in [1.807, 2.05) is 0 Å². The fourth-order valence-electron chi connectivity index (χ4n) is 3.02. The number of rotatable bonds is 6. The number of benzene rings is 1. The molecule has 0 aliphatic carbocycles. The number of hydrogen-bond donors (Lipinski definition) is 1. The number of hydrogen-bond acceptors (Lipinski definition) is 4. The molecule has 29 heavy (non-hydrogen) atoms. The number of carbonyl (C=O) groups excluding carboxylic acids is 1. The second kappa shape index (κ2) is 9.21. The number of aromatic nitrogens is 1. The third-order valence-electron chi connectivity index (χ3n) is 4.42. The Morgan fingerprint density at radius 2 is 2.10 bits per heavy atom. The van der Waals surface area contributed by atoms with E-state index < -0.39 is 6.36 Å². The van der Waals surface area contributed by atoms with E-state index in [0.29, 0.717) is 42.6 Å². The fraction of sp³-hybridized carbons (Fsp3) is 0.368. The Morgan fingerprint density at radius 3 is 2.86 bits per heavy atom. The van der Waals surface area contributed by atoms with Crippen LogP contribution >= 0.6 is 11.6 Å². The fourth-order valence-corrected chi connectivity index (χ4v) is 3.17. The maximum absolute atomic E-state index is 12.4. The van der Waals surface area contributed by atoms with Crippen LogP contribution in [0.3, 0.4) is 0 Å². The Bertz CT molecular complexity index is 851. The molecule has 10 heteroatoms. The lowest BCUT2D eigenvalue weighted by molar-refractivity contribution is -0.274. The number of likely N-dealkylation sites (tertiary alicyclic amines) is 1. The standard InChI is InChI=1S/C19H19ClF3N3O3/c20-16-4-7-24-11-17(16)25-18(27)26-8-5-13(12-26)6-9-28-14-2-1-3-15(10-14)29-19(21,22)23/h1-4,7,10-11,13H,5-6,8-9,12H2,(H,25,27). The van der Waals surface area contributed by atoms with Crippen molar-refractivity contribution in [2.24, 2.45) is 5.92 Å². The van der Waals surface area contributed by atoms with Crippen LogP contribution < -0.4 is 14.8 Å². The smallest absolute Gasteiger partial charge is 0.493 e. The molecule has 1 aromatic carbocycles. The van der Waals surface area contributed by atoms with Gasteiger partial charge in [-0.25, -0.2) is 4.79 Å². The second-order valence-electron chi connectivity index (χ2n) is 6.55. The van der Waals surface area contributed by atoms with Crippen LogP contribution in [0.4, 0.5) is 23.7 Å². The molecule has 0 radical (unpaired) electrons. The predicted molar refractivity (Wildman–Crippen MR) is 101 cm³/mol. The van der Waals surface area contributed by atoms with Crippen molar-refractivity contribution in [3.8, 4) is 11.5 Å². The average Bonchev–Trinajstić information content (AvgIpc) is 3.12. The van der Waals surface area contributed by atoms with Gasteiger partial charge in [-0.2, -0.15) is 0 Å². The van der Waals surface area contributed by atoms with Crippen molar-refractivity contribution in [3.63, 3.8) is 0 Å². The lowest BCUT2D eigenvalue weighted by Gasteiger charge is -2.18. The molecular weight excluding hydrogens is 411 g/mol. The Balaban J connectivity index is 1.43. The first-order valence-electron chi connectivity index (χ1n) is 8.94. The minimum atomic E-state index is -4.74. The summed E-state index contributed by atoms with van der Waals surface area (Å²) in [6.07, 6.45) is -0.240. The van der Waals surface area contributed by atoms with Gasteiger partial charge in [0.15, 0.2) is 0 Å². The topological polar surface area (TPSA) is 63.7 Å². The summed E-state index contributed by atoms with van der Waals surface area (Å²) < 4.78 is 46.3. The highest BCUT2D eigenvalue weighted by Gasteiger charge is 2.31. The Hall–Kier alpha value is -2.68. The second-order valence-corrected chi connectivity index (χ2v) is 6.95. The van der Waals surface area contributed by atoms with E-state index in [9.17, 15) is 18.0 Å². The van der Waals surface area contributed by atoms with Gasteiger partial charge in [0.05, 0.1) is 23.5 Å². The molecule has 6 nitrogen and oxygen atoms in total. The first-order chi connectivity index (χ1) is 13.8. The normalized spacial score (nSPS) is 16.6. The molecule has 156 valence electrons. The van der Waals surface area contributed by atoms with Crippen LogP contribution in [0.2, 0.25) is 5.02 Å². The number of halogens is 4. The van der Waals surface area contributed by atoms with Crippen LogP contribution in [0.25, 0.3) is 0 Å². The molecule has 1 unspecified atom stereocenters. The molecule has 0 saturated carbocycles. The largest absolute Gasteiger partial charge is 0.573 e. The minimum absolute atomic E-state index is 0.236. The van der Waals surface area contributed by atoms with Gasteiger partial charge in [-0.05, 0) is 37.0 Å². The number of ether oxygens (including phenoxy) is 2. The maximum Gasteiger partial charge on any atom is 0.573 e. The van der Waals surface area contributed by atoms with E-state index in [0.717, 1.165) is 6.42 Å². The maximum atomic E-state index is 12.4. The van der Waals surface area contributed by atoms with E-state index in [-0.39, 0.29) is 17.7 Å². The van der Waals surface area contributed by atoms with Crippen molar-refractivity contribution in [2.45, 2.75) is 19.2 Å². The van der Waals surface area contributed by atoms with Crippen LogP contribution in [0.5, 0.6) is 11.5 Å².